The maximum absolute atomic E-state index is 12.8. The van der Waals surface area contributed by atoms with Crippen LogP contribution in [0.15, 0.2) is 29.3 Å². The summed E-state index contributed by atoms with van der Waals surface area (Å²) in [5, 5.41) is 16.4. The second-order valence-electron chi connectivity index (χ2n) is 6.38. The number of aliphatic hydroxyl groups is 1. The minimum atomic E-state index is -0.233. The molecule has 1 aromatic carbocycles. The first kappa shape index (κ1) is 19.8. The van der Waals surface area contributed by atoms with Crippen LogP contribution in [0.3, 0.4) is 0 Å². The lowest BCUT2D eigenvalue weighted by atomic mass is 10.1. The first-order chi connectivity index (χ1) is 14.1. The van der Waals surface area contributed by atoms with Gasteiger partial charge in [-0.1, -0.05) is 0 Å². The van der Waals surface area contributed by atoms with Gasteiger partial charge in [0.15, 0.2) is 11.5 Å². The Morgan fingerprint density at radius 1 is 1.31 bits per heavy atom. The zero-order valence-corrected chi connectivity index (χ0v) is 17.3. The number of hydrogen-bond donors (Lipinski definition) is 5. The summed E-state index contributed by atoms with van der Waals surface area (Å²) in [6.07, 6.45) is 0. The lowest BCUT2D eigenvalue weighted by Crippen LogP contribution is -2.25. The molecule has 0 aliphatic carbocycles. The number of thiol groups is 1. The molecule has 8 nitrogen and oxygen atoms in total. The average molecular weight is 433 g/mol. The summed E-state index contributed by atoms with van der Waals surface area (Å²) in [4.78, 5) is 20.9. The molecule has 3 aromatic rings. The number of thiazole rings is 1. The summed E-state index contributed by atoms with van der Waals surface area (Å²) in [5.74, 6) is 1.16. The van der Waals surface area contributed by atoms with Gasteiger partial charge in [-0.2, -0.15) is 0 Å². The van der Waals surface area contributed by atoms with Crippen LogP contribution in [-0.2, 0) is 19.7 Å². The first-order valence-electron chi connectivity index (χ1n) is 8.92. The molecule has 0 saturated heterocycles. The van der Waals surface area contributed by atoms with E-state index in [1.54, 1.807) is 0 Å². The predicted octanol–water partition coefficient (Wildman–Crippen LogP) is 2.30. The van der Waals surface area contributed by atoms with Gasteiger partial charge in [0.2, 0.25) is 6.79 Å². The van der Waals surface area contributed by atoms with Crippen molar-refractivity contribution in [3.8, 4) is 22.8 Å². The number of ether oxygens (including phenoxy) is 2. The molecule has 1 aliphatic heterocycles. The molecule has 0 bridgehead atoms. The summed E-state index contributed by atoms with van der Waals surface area (Å²) >= 11 is 5.55. The molecule has 0 saturated carbocycles. The molecule has 2 aromatic heterocycles. The summed E-state index contributed by atoms with van der Waals surface area (Å²) in [7, 11) is 1.83. The van der Waals surface area contributed by atoms with Crippen LogP contribution in [0.2, 0.25) is 0 Å². The maximum atomic E-state index is 12.8. The van der Waals surface area contributed by atoms with Crippen LogP contribution in [0.4, 0.5) is 0 Å². The maximum Gasteiger partial charge on any atom is 0.268 e. The molecule has 152 valence electrons. The number of fused-ring (bicyclic) bond motifs is 1. The summed E-state index contributed by atoms with van der Waals surface area (Å²) in [5.41, 5.74) is 3.05. The van der Waals surface area contributed by atoms with Crippen LogP contribution in [0, 0.1) is 0 Å². The number of hydrogen-bond acceptors (Lipinski definition) is 8. The van der Waals surface area contributed by atoms with Crippen molar-refractivity contribution in [3.63, 3.8) is 0 Å². The summed E-state index contributed by atoms with van der Waals surface area (Å²) in [6, 6.07) is 7.61. The van der Waals surface area contributed by atoms with E-state index >= 15 is 0 Å². The van der Waals surface area contributed by atoms with Gasteiger partial charge in [0.05, 0.1) is 18.0 Å². The SMILES string of the molecule is CNCc1cc(-c2ccc3c(c2)OCO3)[nH]c1C(=O)NCc1nc(S)c(CO)s1. The number of carbonyl (C=O) groups excluding carboxylic acids is 1. The average Bonchev–Trinajstić information content (AvgIpc) is 3.43. The largest absolute Gasteiger partial charge is 0.454 e. The Balaban J connectivity index is 1.54. The standard InChI is InChI=1S/C19H20N4O4S2/c1-20-6-11-4-12(10-2-3-13-14(5-10)27-9-26-13)22-17(11)18(25)21-7-16-23-19(28)15(8-24)29-16/h2-5,20,22,24,28H,6-9H2,1H3,(H,21,25). The number of amides is 1. The van der Waals surface area contributed by atoms with Crippen LogP contribution >= 0.6 is 24.0 Å². The molecule has 1 aliphatic rings. The first-order valence-corrected chi connectivity index (χ1v) is 10.2. The van der Waals surface area contributed by atoms with E-state index in [1.165, 1.54) is 11.3 Å². The minimum absolute atomic E-state index is 0.119. The Morgan fingerprint density at radius 2 is 2.14 bits per heavy atom. The number of nitrogens with zero attached hydrogens (tertiary/aromatic N) is 1. The zero-order valence-electron chi connectivity index (χ0n) is 15.6. The highest BCUT2D eigenvalue weighted by Gasteiger charge is 2.19. The third-order valence-electron chi connectivity index (χ3n) is 4.44. The highest BCUT2D eigenvalue weighted by Crippen LogP contribution is 2.36. The fourth-order valence-electron chi connectivity index (χ4n) is 3.06. The molecule has 10 heteroatoms. The Labute approximate surface area is 176 Å². The van der Waals surface area contributed by atoms with Crippen molar-refractivity contribution in [1.29, 1.82) is 0 Å². The van der Waals surface area contributed by atoms with Gasteiger partial charge in [0.1, 0.15) is 15.7 Å². The number of carbonyl (C=O) groups is 1. The Morgan fingerprint density at radius 3 is 2.90 bits per heavy atom. The number of nitrogens with one attached hydrogen (secondary N) is 3. The summed E-state index contributed by atoms with van der Waals surface area (Å²) < 4.78 is 10.8. The van der Waals surface area contributed by atoms with Crippen molar-refractivity contribution >= 4 is 29.9 Å². The number of aliphatic hydroxyl groups excluding tert-OH is 1. The minimum Gasteiger partial charge on any atom is -0.454 e. The van der Waals surface area contributed by atoms with E-state index in [9.17, 15) is 9.90 Å². The molecule has 0 radical (unpaired) electrons. The third-order valence-corrected chi connectivity index (χ3v) is 6.00. The Bertz CT molecular complexity index is 1050. The van der Waals surface area contributed by atoms with Gasteiger partial charge < -0.3 is 30.2 Å². The topological polar surface area (TPSA) is 108 Å². The highest BCUT2D eigenvalue weighted by atomic mass is 32.1. The van der Waals surface area contributed by atoms with E-state index in [2.05, 4.69) is 33.2 Å². The van der Waals surface area contributed by atoms with Gasteiger partial charge >= 0.3 is 0 Å². The number of H-pyrrole nitrogens is 1. The van der Waals surface area contributed by atoms with Gasteiger partial charge in [-0.3, -0.25) is 4.79 Å². The van der Waals surface area contributed by atoms with E-state index in [1.807, 2.05) is 31.3 Å². The van der Waals surface area contributed by atoms with E-state index in [-0.39, 0.29) is 25.9 Å². The lowest BCUT2D eigenvalue weighted by Gasteiger charge is -2.05. The Kier molecular flexibility index (Phi) is 5.76. The number of benzene rings is 1. The van der Waals surface area contributed by atoms with Gasteiger partial charge in [0.25, 0.3) is 5.91 Å². The fraction of sp³-hybridized carbons (Fsp3) is 0.263. The van der Waals surface area contributed by atoms with E-state index < -0.39 is 0 Å². The Hall–Kier alpha value is -2.53. The molecule has 0 spiro atoms. The highest BCUT2D eigenvalue weighted by molar-refractivity contribution is 7.80. The molecule has 29 heavy (non-hydrogen) atoms. The number of aromatic nitrogens is 2. The van der Waals surface area contributed by atoms with E-state index in [4.69, 9.17) is 9.47 Å². The van der Waals surface area contributed by atoms with Crippen molar-refractivity contribution in [3.05, 3.63) is 45.4 Å². The number of aromatic amines is 1. The van der Waals surface area contributed by atoms with Crippen LogP contribution in [0.5, 0.6) is 11.5 Å². The second-order valence-corrected chi connectivity index (χ2v) is 7.97. The van der Waals surface area contributed by atoms with E-state index in [0.29, 0.717) is 38.6 Å². The molecule has 3 heterocycles. The second kappa shape index (κ2) is 8.46. The quantitative estimate of drug-likeness (QED) is 0.367. The molecule has 4 rings (SSSR count). The number of rotatable bonds is 7. The van der Waals surface area contributed by atoms with Crippen molar-refractivity contribution in [2.75, 3.05) is 13.8 Å². The van der Waals surface area contributed by atoms with Crippen molar-refractivity contribution in [2.24, 2.45) is 0 Å². The van der Waals surface area contributed by atoms with E-state index in [0.717, 1.165) is 16.8 Å². The normalized spacial score (nSPS) is 12.4. The molecule has 0 atom stereocenters. The third kappa shape index (κ3) is 4.10. The fourth-order valence-corrected chi connectivity index (χ4v) is 4.23. The smallest absolute Gasteiger partial charge is 0.268 e. The molecular formula is C19H20N4O4S2. The van der Waals surface area contributed by atoms with Crippen molar-refractivity contribution in [1.82, 2.24) is 20.6 Å². The van der Waals surface area contributed by atoms with Crippen LogP contribution in [0.25, 0.3) is 11.3 Å². The van der Waals surface area contributed by atoms with Gasteiger partial charge in [-0.25, -0.2) is 4.98 Å². The van der Waals surface area contributed by atoms with Crippen molar-refractivity contribution < 1.29 is 19.4 Å². The van der Waals surface area contributed by atoms with Gasteiger partial charge in [0, 0.05) is 17.8 Å². The molecular weight excluding hydrogens is 412 g/mol. The van der Waals surface area contributed by atoms with Gasteiger partial charge in [-0.05, 0) is 36.9 Å². The van der Waals surface area contributed by atoms with Crippen molar-refractivity contribution in [2.45, 2.75) is 24.7 Å². The monoisotopic (exact) mass is 432 g/mol. The van der Waals surface area contributed by atoms with Crippen LogP contribution < -0.4 is 20.1 Å². The molecule has 0 unspecified atom stereocenters. The van der Waals surface area contributed by atoms with Crippen LogP contribution in [-0.4, -0.2) is 34.8 Å². The summed E-state index contributed by atoms with van der Waals surface area (Å²) in [6.45, 7) is 0.891. The van der Waals surface area contributed by atoms with Crippen LogP contribution in [0.1, 0.15) is 25.9 Å². The predicted molar refractivity (Wildman–Crippen MR) is 112 cm³/mol. The molecule has 0 fully saturated rings. The molecule has 4 N–H and O–H groups in total. The lowest BCUT2D eigenvalue weighted by molar-refractivity contribution is 0.0945. The van der Waals surface area contributed by atoms with Gasteiger partial charge in [-0.15, -0.1) is 24.0 Å². The zero-order chi connectivity index (χ0) is 20.4. The molecule has 1 amide bonds.